The van der Waals surface area contributed by atoms with Crippen LogP contribution in [-0.4, -0.2) is 12.0 Å². The van der Waals surface area contributed by atoms with Gasteiger partial charge in [-0.05, 0) is 53.6 Å². The summed E-state index contributed by atoms with van der Waals surface area (Å²) >= 11 is 5.83. The second-order valence-electron chi connectivity index (χ2n) is 5.61. The summed E-state index contributed by atoms with van der Waals surface area (Å²) in [5.41, 5.74) is 1.06. The summed E-state index contributed by atoms with van der Waals surface area (Å²) in [7, 11) is 0. The first-order valence-electron chi connectivity index (χ1n) is 7.79. The lowest BCUT2D eigenvalue weighted by Crippen LogP contribution is -2.35. The first kappa shape index (κ1) is 16.3. The predicted octanol–water partition coefficient (Wildman–Crippen LogP) is 4.58. The molecule has 1 N–H and O–H groups in total. The summed E-state index contributed by atoms with van der Waals surface area (Å²) in [6.45, 7) is 2.20. The first-order chi connectivity index (χ1) is 11.6. The van der Waals surface area contributed by atoms with Crippen molar-refractivity contribution in [3.8, 4) is 5.75 Å². The summed E-state index contributed by atoms with van der Waals surface area (Å²) in [5.74, 6) is 0.464. The number of ether oxygens (including phenoxy) is 1. The van der Waals surface area contributed by atoms with E-state index < -0.39 is 6.10 Å². The fraction of sp³-hybridized carbons (Fsp3) is 0.150. The molecule has 0 fully saturated rings. The van der Waals surface area contributed by atoms with E-state index in [2.05, 4.69) is 29.6 Å². The number of halogens is 1. The van der Waals surface area contributed by atoms with Crippen LogP contribution in [-0.2, 0) is 11.3 Å². The monoisotopic (exact) mass is 339 g/mol. The van der Waals surface area contributed by atoms with Gasteiger partial charge in [0.2, 0.25) is 0 Å². The van der Waals surface area contributed by atoms with Crippen molar-refractivity contribution in [3.63, 3.8) is 0 Å². The lowest BCUT2D eigenvalue weighted by molar-refractivity contribution is -0.127. The van der Waals surface area contributed by atoms with Crippen LogP contribution in [0.2, 0.25) is 5.02 Å². The van der Waals surface area contributed by atoms with Gasteiger partial charge in [0, 0.05) is 11.6 Å². The molecule has 0 aliphatic rings. The van der Waals surface area contributed by atoms with Crippen molar-refractivity contribution in [2.45, 2.75) is 19.6 Å². The Morgan fingerprint density at radius 3 is 2.50 bits per heavy atom. The van der Waals surface area contributed by atoms with E-state index in [1.807, 2.05) is 18.2 Å². The Hall–Kier alpha value is -2.52. The number of nitrogens with one attached hydrogen (secondary N) is 1. The van der Waals surface area contributed by atoms with Crippen LogP contribution in [0.4, 0.5) is 0 Å². The van der Waals surface area contributed by atoms with Gasteiger partial charge in [0.1, 0.15) is 5.75 Å². The van der Waals surface area contributed by atoms with Crippen molar-refractivity contribution < 1.29 is 9.53 Å². The standard InChI is InChI=1S/C20H18ClNO2/c1-14(24-19-10-8-18(21)9-11-19)20(23)22-13-15-6-7-16-4-2-3-5-17(16)12-15/h2-12,14H,13H2,1H3,(H,22,23)/t14-/m0/s1. The van der Waals surface area contributed by atoms with E-state index in [9.17, 15) is 4.79 Å². The topological polar surface area (TPSA) is 38.3 Å². The third-order valence-electron chi connectivity index (χ3n) is 3.78. The summed E-state index contributed by atoms with van der Waals surface area (Å²) < 4.78 is 5.62. The molecule has 3 nitrogen and oxygen atoms in total. The molecule has 0 unspecified atom stereocenters. The average molecular weight is 340 g/mol. The van der Waals surface area contributed by atoms with Gasteiger partial charge >= 0.3 is 0 Å². The molecule has 4 heteroatoms. The smallest absolute Gasteiger partial charge is 0.261 e. The Morgan fingerprint density at radius 2 is 1.75 bits per heavy atom. The number of fused-ring (bicyclic) bond motifs is 1. The van der Waals surface area contributed by atoms with Gasteiger partial charge in [-0.15, -0.1) is 0 Å². The molecule has 0 aliphatic carbocycles. The van der Waals surface area contributed by atoms with Crippen molar-refractivity contribution >= 4 is 28.3 Å². The molecule has 3 aromatic rings. The lowest BCUT2D eigenvalue weighted by atomic mass is 10.1. The second kappa shape index (κ2) is 7.37. The van der Waals surface area contributed by atoms with Gasteiger partial charge in [0.15, 0.2) is 6.10 Å². The molecule has 1 atom stereocenters. The minimum atomic E-state index is -0.577. The molecule has 0 aromatic heterocycles. The maximum atomic E-state index is 12.2. The molecule has 0 radical (unpaired) electrons. The van der Waals surface area contributed by atoms with Crippen LogP contribution in [0, 0.1) is 0 Å². The molecular weight excluding hydrogens is 322 g/mol. The normalized spacial score (nSPS) is 11.9. The number of benzene rings is 3. The zero-order chi connectivity index (χ0) is 16.9. The van der Waals surface area contributed by atoms with Gasteiger partial charge < -0.3 is 10.1 Å². The highest BCUT2D eigenvalue weighted by atomic mass is 35.5. The van der Waals surface area contributed by atoms with Crippen molar-refractivity contribution in [1.29, 1.82) is 0 Å². The summed E-state index contributed by atoms with van der Waals surface area (Å²) in [5, 5.41) is 5.89. The van der Waals surface area contributed by atoms with Crippen LogP contribution in [0.5, 0.6) is 5.75 Å². The quantitative estimate of drug-likeness (QED) is 0.739. The Bertz CT molecular complexity index is 846. The van der Waals surface area contributed by atoms with Crippen LogP contribution < -0.4 is 10.1 Å². The molecule has 1 amide bonds. The molecule has 0 saturated carbocycles. The Balaban J connectivity index is 1.58. The van der Waals surface area contributed by atoms with Crippen LogP contribution in [0.15, 0.2) is 66.7 Å². The van der Waals surface area contributed by atoms with E-state index in [1.54, 1.807) is 31.2 Å². The number of amides is 1. The molecule has 0 aliphatic heterocycles. The molecule has 0 saturated heterocycles. The zero-order valence-corrected chi connectivity index (χ0v) is 14.1. The molecule has 3 aromatic carbocycles. The van der Waals surface area contributed by atoms with Crippen molar-refractivity contribution in [1.82, 2.24) is 5.32 Å². The lowest BCUT2D eigenvalue weighted by Gasteiger charge is -2.15. The van der Waals surface area contributed by atoms with Crippen LogP contribution in [0.3, 0.4) is 0 Å². The molecule has 122 valence electrons. The van der Waals surface area contributed by atoms with Gasteiger partial charge in [0.05, 0.1) is 0 Å². The molecule has 0 heterocycles. The highest BCUT2D eigenvalue weighted by molar-refractivity contribution is 6.30. The Morgan fingerprint density at radius 1 is 1.04 bits per heavy atom. The average Bonchev–Trinajstić information content (AvgIpc) is 2.61. The SMILES string of the molecule is C[C@H](Oc1ccc(Cl)cc1)C(=O)NCc1ccc2ccccc2c1. The van der Waals surface area contributed by atoms with Gasteiger partial charge in [-0.25, -0.2) is 0 Å². The van der Waals surface area contributed by atoms with Gasteiger partial charge in [-0.3, -0.25) is 4.79 Å². The van der Waals surface area contributed by atoms with Gasteiger partial charge in [0.25, 0.3) is 5.91 Å². The van der Waals surface area contributed by atoms with Crippen molar-refractivity contribution in [3.05, 3.63) is 77.3 Å². The number of carbonyl (C=O) groups excluding carboxylic acids is 1. The molecular formula is C20H18ClNO2. The van der Waals surface area contributed by atoms with Crippen molar-refractivity contribution in [2.75, 3.05) is 0 Å². The number of hydrogen-bond acceptors (Lipinski definition) is 2. The summed E-state index contributed by atoms with van der Waals surface area (Å²) in [6.07, 6.45) is -0.577. The molecule has 0 bridgehead atoms. The molecule has 0 spiro atoms. The summed E-state index contributed by atoms with van der Waals surface area (Å²) in [4.78, 5) is 12.2. The minimum absolute atomic E-state index is 0.155. The summed E-state index contributed by atoms with van der Waals surface area (Å²) in [6, 6.07) is 21.3. The number of hydrogen-bond donors (Lipinski definition) is 1. The van der Waals surface area contributed by atoms with E-state index >= 15 is 0 Å². The second-order valence-corrected chi connectivity index (χ2v) is 6.05. The van der Waals surface area contributed by atoms with Crippen molar-refractivity contribution in [2.24, 2.45) is 0 Å². The molecule has 24 heavy (non-hydrogen) atoms. The maximum Gasteiger partial charge on any atom is 0.261 e. The zero-order valence-electron chi connectivity index (χ0n) is 13.3. The van der Waals surface area contributed by atoms with E-state index in [4.69, 9.17) is 16.3 Å². The fourth-order valence-electron chi connectivity index (χ4n) is 2.45. The maximum absolute atomic E-state index is 12.2. The number of rotatable bonds is 5. The van der Waals surface area contributed by atoms with Gasteiger partial charge in [-0.2, -0.15) is 0 Å². The highest BCUT2D eigenvalue weighted by Crippen LogP contribution is 2.17. The van der Waals surface area contributed by atoms with Crippen LogP contribution in [0.25, 0.3) is 10.8 Å². The van der Waals surface area contributed by atoms with E-state index in [0.717, 1.165) is 10.9 Å². The fourth-order valence-corrected chi connectivity index (χ4v) is 2.58. The Labute approximate surface area is 146 Å². The first-order valence-corrected chi connectivity index (χ1v) is 8.17. The van der Waals surface area contributed by atoms with Crippen LogP contribution in [0.1, 0.15) is 12.5 Å². The van der Waals surface area contributed by atoms with E-state index in [0.29, 0.717) is 17.3 Å². The largest absolute Gasteiger partial charge is 0.481 e. The third kappa shape index (κ3) is 4.06. The Kier molecular flexibility index (Phi) is 5.02. The minimum Gasteiger partial charge on any atom is -0.481 e. The van der Waals surface area contributed by atoms with E-state index in [1.165, 1.54) is 5.39 Å². The predicted molar refractivity (Wildman–Crippen MR) is 97.3 cm³/mol. The third-order valence-corrected chi connectivity index (χ3v) is 4.03. The van der Waals surface area contributed by atoms with E-state index in [-0.39, 0.29) is 5.91 Å². The van der Waals surface area contributed by atoms with Gasteiger partial charge in [-0.1, -0.05) is 48.0 Å². The number of carbonyl (C=O) groups is 1. The van der Waals surface area contributed by atoms with Crippen LogP contribution >= 0.6 is 11.6 Å². The highest BCUT2D eigenvalue weighted by Gasteiger charge is 2.14. The molecule has 3 rings (SSSR count).